The van der Waals surface area contributed by atoms with E-state index in [0.717, 1.165) is 21.9 Å². The van der Waals surface area contributed by atoms with E-state index in [4.69, 9.17) is 0 Å². The van der Waals surface area contributed by atoms with Crippen LogP contribution in [0.4, 0.5) is 5.69 Å². The third kappa shape index (κ3) is 3.55. The summed E-state index contributed by atoms with van der Waals surface area (Å²) in [6, 6.07) is 17.8. The molecule has 2 heterocycles. The Balaban J connectivity index is 1.67. The monoisotopic (exact) mass is 408 g/mol. The number of rotatable bonds is 4. The average Bonchev–Trinajstić information content (AvgIpc) is 2.73. The van der Waals surface area contributed by atoms with Crippen LogP contribution in [0, 0.1) is 0 Å². The fourth-order valence-corrected chi connectivity index (χ4v) is 3.97. The molecule has 4 aromatic rings. The number of nitrogens with one attached hydrogen (secondary N) is 2. The average molecular weight is 408 g/mol. The third-order valence-electron chi connectivity index (χ3n) is 4.48. The molecule has 2 N–H and O–H groups in total. The molecule has 0 saturated carbocycles. The van der Waals surface area contributed by atoms with Crippen LogP contribution in [0.25, 0.3) is 22.2 Å². The lowest BCUT2D eigenvalue weighted by atomic mass is 10.1. The van der Waals surface area contributed by atoms with Crippen molar-refractivity contribution in [3.8, 4) is 11.1 Å². The van der Waals surface area contributed by atoms with Crippen LogP contribution in [0.1, 0.15) is 0 Å². The van der Waals surface area contributed by atoms with Crippen molar-refractivity contribution < 1.29 is 8.42 Å². The molecule has 0 aliphatic rings. The maximum Gasteiger partial charge on any atom is 0.329 e. The summed E-state index contributed by atoms with van der Waals surface area (Å²) < 4.78 is 29.1. The smallest absolute Gasteiger partial charge is 0.281 e. The maximum atomic E-state index is 12.7. The van der Waals surface area contributed by atoms with E-state index in [1.54, 1.807) is 12.1 Å². The number of sulfonamides is 1. The minimum absolute atomic E-state index is 0.00870. The maximum absolute atomic E-state index is 12.7. The Labute approximate surface area is 165 Å². The highest BCUT2D eigenvalue weighted by atomic mass is 32.2. The molecule has 9 heteroatoms. The van der Waals surface area contributed by atoms with Gasteiger partial charge in [-0.15, -0.1) is 0 Å². The van der Waals surface area contributed by atoms with E-state index >= 15 is 0 Å². The zero-order chi connectivity index (χ0) is 20.6. The normalized spacial score (nSPS) is 11.5. The second-order valence-electron chi connectivity index (χ2n) is 6.41. The summed E-state index contributed by atoms with van der Waals surface area (Å²) in [5.74, 6) is 0. The highest BCUT2D eigenvalue weighted by Gasteiger charge is 2.17. The number of aryl methyl sites for hydroxylation is 1. The molecule has 2 aromatic carbocycles. The zero-order valence-corrected chi connectivity index (χ0v) is 16.1. The predicted molar refractivity (Wildman–Crippen MR) is 110 cm³/mol. The van der Waals surface area contributed by atoms with Crippen LogP contribution in [-0.2, 0) is 17.1 Å². The molecule has 0 aliphatic carbocycles. The van der Waals surface area contributed by atoms with Gasteiger partial charge in [-0.2, -0.15) is 0 Å². The van der Waals surface area contributed by atoms with E-state index in [0.29, 0.717) is 5.69 Å². The molecule has 0 unspecified atom stereocenters. The first-order valence-corrected chi connectivity index (χ1v) is 10.1. The molecular formula is C20H16N4O4S. The summed E-state index contributed by atoms with van der Waals surface area (Å²) in [4.78, 5) is 29.6. The van der Waals surface area contributed by atoms with Crippen molar-refractivity contribution in [1.29, 1.82) is 0 Å². The summed E-state index contributed by atoms with van der Waals surface area (Å²) in [6.07, 6.45) is 1.11. The number of aromatic nitrogens is 3. The Morgan fingerprint density at radius 3 is 2.31 bits per heavy atom. The van der Waals surface area contributed by atoms with Gasteiger partial charge in [0.25, 0.3) is 15.6 Å². The summed E-state index contributed by atoms with van der Waals surface area (Å²) >= 11 is 0. The highest BCUT2D eigenvalue weighted by Crippen LogP contribution is 2.23. The molecule has 0 amide bonds. The number of hydrogen-bond acceptors (Lipinski definition) is 5. The van der Waals surface area contributed by atoms with Crippen molar-refractivity contribution in [2.75, 3.05) is 4.72 Å². The quantitative estimate of drug-likeness (QED) is 0.537. The summed E-state index contributed by atoms with van der Waals surface area (Å²) in [6.45, 7) is 0. The van der Waals surface area contributed by atoms with Gasteiger partial charge in [0.15, 0.2) is 0 Å². The minimum atomic E-state index is -3.97. The lowest BCUT2D eigenvalue weighted by Crippen LogP contribution is -2.29. The van der Waals surface area contributed by atoms with Gasteiger partial charge >= 0.3 is 5.69 Å². The van der Waals surface area contributed by atoms with Gasteiger partial charge in [-0.25, -0.2) is 18.2 Å². The third-order valence-corrected chi connectivity index (χ3v) is 5.83. The fraction of sp³-hybridized carbons (Fsp3) is 0.0500. The van der Waals surface area contributed by atoms with Crippen LogP contribution < -0.4 is 16.0 Å². The molecule has 0 saturated heterocycles. The summed E-state index contributed by atoms with van der Waals surface area (Å²) in [7, 11) is -2.54. The zero-order valence-electron chi connectivity index (χ0n) is 15.3. The Hall–Kier alpha value is -3.72. The standard InChI is InChI=1S/C20H16N4O4S/c1-24-18-17(19(25)22-20(24)26)11-16(12-21-18)29(27,28)23-15-9-7-14(8-10-15)13-5-3-2-4-6-13/h2-12,23H,1H3,(H,22,25,26). The highest BCUT2D eigenvalue weighted by molar-refractivity contribution is 7.92. The number of anilines is 1. The van der Waals surface area contributed by atoms with Crippen molar-refractivity contribution in [2.45, 2.75) is 4.90 Å². The number of fused-ring (bicyclic) bond motifs is 1. The van der Waals surface area contributed by atoms with Gasteiger partial charge in [0.2, 0.25) is 0 Å². The van der Waals surface area contributed by atoms with Crippen LogP contribution in [0.15, 0.2) is 81.3 Å². The van der Waals surface area contributed by atoms with E-state index in [-0.39, 0.29) is 15.9 Å². The molecule has 8 nitrogen and oxygen atoms in total. The van der Waals surface area contributed by atoms with Crippen molar-refractivity contribution in [3.63, 3.8) is 0 Å². The number of benzene rings is 2. The van der Waals surface area contributed by atoms with Gasteiger partial charge in [-0.3, -0.25) is 19.1 Å². The van der Waals surface area contributed by atoms with Gasteiger partial charge in [-0.1, -0.05) is 42.5 Å². The largest absolute Gasteiger partial charge is 0.329 e. The van der Waals surface area contributed by atoms with Crippen molar-refractivity contribution in [1.82, 2.24) is 14.5 Å². The van der Waals surface area contributed by atoms with E-state index in [2.05, 4.69) is 14.7 Å². The molecular weight excluding hydrogens is 392 g/mol. The van der Waals surface area contributed by atoms with Crippen LogP contribution >= 0.6 is 0 Å². The number of hydrogen-bond donors (Lipinski definition) is 2. The Bertz CT molecular complexity index is 1420. The summed E-state index contributed by atoms with van der Waals surface area (Å²) in [5, 5.41) is 0.00870. The molecule has 0 aliphatic heterocycles. The van der Waals surface area contributed by atoms with E-state index in [1.165, 1.54) is 13.1 Å². The molecule has 146 valence electrons. The molecule has 0 bridgehead atoms. The SMILES string of the molecule is Cn1c(=O)[nH]c(=O)c2cc(S(=O)(=O)Nc3ccc(-c4ccccc4)cc3)cnc21. The Morgan fingerprint density at radius 2 is 1.62 bits per heavy atom. The Kier molecular flexibility index (Phi) is 4.51. The van der Waals surface area contributed by atoms with Gasteiger partial charge in [0.1, 0.15) is 10.5 Å². The molecule has 0 spiro atoms. The molecule has 0 atom stereocenters. The number of pyridine rings is 1. The van der Waals surface area contributed by atoms with E-state index < -0.39 is 21.3 Å². The van der Waals surface area contributed by atoms with Gasteiger partial charge in [0, 0.05) is 18.9 Å². The first kappa shape index (κ1) is 18.6. The number of aromatic amines is 1. The number of nitrogens with zero attached hydrogens (tertiary/aromatic N) is 2. The molecule has 4 rings (SSSR count). The molecule has 0 radical (unpaired) electrons. The van der Waals surface area contributed by atoms with Crippen molar-refractivity contribution in [3.05, 3.63) is 87.7 Å². The fourth-order valence-electron chi connectivity index (χ4n) is 2.94. The summed E-state index contributed by atoms with van der Waals surface area (Å²) in [5.41, 5.74) is 1.13. The predicted octanol–water partition coefficient (Wildman–Crippen LogP) is 2.09. The molecule has 2 aromatic heterocycles. The van der Waals surface area contributed by atoms with Crippen LogP contribution in [0.3, 0.4) is 0 Å². The van der Waals surface area contributed by atoms with Gasteiger partial charge < -0.3 is 0 Å². The Morgan fingerprint density at radius 1 is 0.966 bits per heavy atom. The van der Waals surface area contributed by atoms with E-state index in [9.17, 15) is 18.0 Å². The van der Waals surface area contributed by atoms with E-state index in [1.807, 2.05) is 42.5 Å². The van der Waals surface area contributed by atoms with Crippen LogP contribution in [0.2, 0.25) is 0 Å². The second kappa shape index (κ2) is 7.02. The van der Waals surface area contributed by atoms with Crippen LogP contribution in [-0.4, -0.2) is 23.0 Å². The molecule has 0 fully saturated rings. The van der Waals surface area contributed by atoms with Crippen LogP contribution in [0.5, 0.6) is 0 Å². The van der Waals surface area contributed by atoms with Crippen molar-refractivity contribution >= 4 is 26.7 Å². The lowest BCUT2D eigenvalue weighted by Gasteiger charge is -2.10. The first-order valence-electron chi connectivity index (χ1n) is 8.62. The molecule has 29 heavy (non-hydrogen) atoms. The topological polar surface area (TPSA) is 114 Å². The first-order chi connectivity index (χ1) is 13.8. The second-order valence-corrected chi connectivity index (χ2v) is 8.09. The van der Waals surface area contributed by atoms with Crippen molar-refractivity contribution in [2.24, 2.45) is 7.05 Å². The van der Waals surface area contributed by atoms with Gasteiger partial charge in [-0.05, 0) is 29.3 Å². The minimum Gasteiger partial charge on any atom is -0.281 e. The number of H-pyrrole nitrogens is 1. The lowest BCUT2D eigenvalue weighted by molar-refractivity contribution is 0.601. The van der Waals surface area contributed by atoms with Gasteiger partial charge in [0.05, 0.1) is 5.39 Å².